The average Bonchev–Trinajstić information content (AvgIpc) is 2.60. The number of anilines is 1. The fourth-order valence-electron chi connectivity index (χ4n) is 4.15. The second-order valence-corrected chi connectivity index (χ2v) is 7.84. The second-order valence-electron chi connectivity index (χ2n) is 7.84. The van der Waals surface area contributed by atoms with Crippen molar-refractivity contribution in [1.29, 1.82) is 0 Å². The average molecular weight is 336 g/mol. The molecule has 0 fully saturated rings. The molecule has 2 N–H and O–H groups in total. The van der Waals surface area contributed by atoms with Crippen LogP contribution in [0.5, 0.6) is 0 Å². The number of nitrogens with two attached hydrogens (primary N) is 1. The van der Waals surface area contributed by atoms with Gasteiger partial charge in [-0.05, 0) is 42.2 Å². The molecule has 4 nitrogen and oxygen atoms in total. The summed E-state index contributed by atoms with van der Waals surface area (Å²) in [6.45, 7) is 6.92. The SMILES string of the molecule is CCC(C)(C)C1CCc2nc(N)c3c(=O)oc4ccccc4c3c2C1. The maximum Gasteiger partial charge on any atom is 0.347 e. The fraction of sp³-hybridized carbons (Fsp3) is 0.429. The van der Waals surface area contributed by atoms with Crippen molar-refractivity contribution in [2.45, 2.75) is 46.5 Å². The van der Waals surface area contributed by atoms with Crippen LogP contribution in [0.3, 0.4) is 0 Å². The number of pyridine rings is 1. The number of para-hydroxylation sites is 1. The van der Waals surface area contributed by atoms with Crippen molar-refractivity contribution < 1.29 is 4.42 Å². The van der Waals surface area contributed by atoms with Crippen LogP contribution in [0.4, 0.5) is 5.82 Å². The first kappa shape index (κ1) is 16.1. The molecule has 0 bridgehead atoms. The minimum atomic E-state index is -0.390. The summed E-state index contributed by atoms with van der Waals surface area (Å²) in [4.78, 5) is 17.1. The van der Waals surface area contributed by atoms with Crippen LogP contribution >= 0.6 is 0 Å². The molecule has 0 saturated heterocycles. The molecule has 25 heavy (non-hydrogen) atoms. The summed E-state index contributed by atoms with van der Waals surface area (Å²) in [6, 6.07) is 7.71. The topological polar surface area (TPSA) is 69.1 Å². The lowest BCUT2D eigenvalue weighted by Crippen LogP contribution is -2.30. The zero-order chi connectivity index (χ0) is 17.8. The zero-order valence-corrected chi connectivity index (χ0v) is 15.1. The summed E-state index contributed by atoms with van der Waals surface area (Å²) in [5.41, 5.74) is 8.87. The van der Waals surface area contributed by atoms with Gasteiger partial charge in [-0.25, -0.2) is 9.78 Å². The van der Waals surface area contributed by atoms with Crippen LogP contribution < -0.4 is 11.4 Å². The van der Waals surface area contributed by atoms with E-state index in [1.165, 1.54) is 5.56 Å². The molecule has 1 aliphatic carbocycles. The highest BCUT2D eigenvalue weighted by molar-refractivity contribution is 6.09. The first-order chi connectivity index (χ1) is 11.9. The maximum atomic E-state index is 12.5. The number of benzene rings is 1. The van der Waals surface area contributed by atoms with Crippen molar-refractivity contribution in [1.82, 2.24) is 4.98 Å². The molecule has 0 saturated carbocycles. The Bertz CT molecular complexity index is 1030. The lowest BCUT2D eigenvalue weighted by Gasteiger charge is -2.37. The summed E-state index contributed by atoms with van der Waals surface area (Å²) in [5.74, 6) is 0.867. The highest BCUT2D eigenvalue weighted by Crippen LogP contribution is 2.42. The van der Waals surface area contributed by atoms with Gasteiger partial charge in [-0.2, -0.15) is 0 Å². The van der Waals surface area contributed by atoms with E-state index >= 15 is 0 Å². The van der Waals surface area contributed by atoms with Gasteiger partial charge in [-0.15, -0.1) is 0 Å². The van der Waals surface area contributed by atoms with Crippen LogP contribution in [0.2, 0.25) is 0 Å². The quantitative estimate of drug-likeness (QED) is 0.554. The monoisotopic (exact) mass is 336 g/mol. The summed E-state index contributed by atoms with van der Waals surface area (Å²) >= 11 is 0. The van der Waals surface area contributed by atoms with Gasteiger partial charge in [0.25, 0.3) is 0 Å². The lowest BCUT2D eigenvalue weighted by molar-refractivity contribution is 0.182. The van der Waals surface area contributed by atoms with E-state index in [2.05, 4.69) is 25.8 Å². The Balaban J connectivity index is 2.06. The van der Waals surface area contributed by atoms with Gasteiger partial charge in [0.1, 0.15) is 16.8 Å². The number of hydrogen-bond donors (Lipinski definition) is 1. The third-order valence-electron chi connectivity index (χ3n) is 6.17. The van der Waals surface area contributed by atoms with E-state index in [-0.39, 0.29) is 5.41 Å². The van der Waals surface area contributed by atoms with Crippen molar-refractivity contribution in [2.75, 3.05) is 5.73 Å². The van der Waals surface area contributed by atoms with E-state index in [4.69, 9.17) is 10.2 Å². The van der Waals surface area contributed by atoms with Gasteiger partial charge in [0.05, 0.1) is 0 Å². The molecule has 1 atom stereocenters. The molecule has 4 heteroatoms. The van der Waals surface area contributed by atoms with Gasteiger partial charge in [-0.1, -0.05) is 45.4 Å². The number of nitrogens with zero attached hydrogens (tertiary/aromatic N) is 1. The Labute approximate surface area is 147 Å². The molecular formula is C21H24N2O2. The Morgan fingerprint density at radius 3 is 2.80 bits per heavy atom. The molecule has 0 spiro atoms. The normalized spacial score (nSPS) is 17.8. The first-order valence-corrected chi connectivity index (χ1v) is 9.05. The fourth-order valence-corrected chi connectivity index (χ4v) is 4.15. The summed E-state index contributed by atoms with van der Waals surface area (Å²) in [7, 11) is 0. The van der Waals surface area contributed by atoms with E-state index in [1.807, 2.05) is 24.3 Å². The van der Waals surface area contributed by atoms with Crippen molar-refractivity contribution in [3.8, 4) is 0 Å². The molecular weight excluding hydrogens is 312 g/mol. The van der Waals surface area contributed by atoms with Crippen LogP contribution in [0.15, 0.2) is 33.5 Å². The summed E-state index contributed by atoms with van der Waals surface area (Å²) in [6.07, 6.45) is 4.10. The number of fused-ring (bicyclic) bond motifs is 5. The van der Waals surface area contributed by atoms with E-state index in [1.54, 1.807) is 0 Å². The van der Waals surface area contributed by atoms with Crippen molar-refractivity contribution in [3.05, 3.63) is 45.9 Å². The minimum absolute atomic E-state index is 0.265. The van der Waals surface area contributed by atoms with Gasteiger partial charge >= 0.3 is 5.63 Å². The predicted molar refractivity (Wildman–Crippen MR) is 102 cm³/mol. The van der Waals surface area contributed by atoms with Crippen LogP contribution in [0.25, 0.3) is 21.7 Å². The van der Waals surface area contributed by atoms with Crippen molar-refractivity contribution >= 4 is 27.6 Å². The highest BCUT2D eigenvalue weighted by atomic mass is 16.4. The molecule has 2 heterocycles. The van der Waals surface area contributed by atoms with Gasteiger partial charge in [0, 0.05) is 16.5 Å². The van der Waals surface area contributed by atoms with E-state index in [9.17, 15) is 4.79 Å². The smallest absolute Gasteiger partial charge is 0.347 e. The Morgan fingerprint density at radius 1 is 1.28 bits per heavy atom. The maximum absolute atomic E-state index is 12.5. The van der Waals surface area contributed by atoms with Crippen LogP contribution in [-0.2, 0) is 12.8 Å². The molecule has 3 aromatic rings. The molecule has 2 aromatic heterocycles. The molecule has 1 aromatic carbocycles. The number of aromatic nitrogens is 1. The number of hydrogen-bond acceptors (Lipinski definition) is 4. The summed E-state index contributed by atoms with van der Waals surface area (Å²) < 4.78 is 5.49. The van der Waals surface area contributed by atoms with Gasteiger partial charge in [-0.3, -0.25) is 0 Å². The largest absolute Gasteiger partial charge is 0.422 e. The first-order valence-electron chi connectivity index (χ1n) is 9.05. The number of rotatable bonds is 2. The lowest BCUT2D eigenvalue weighted by atomic mass is 9.68. The van der Waals surface area contributed by atoms with Gasteiger partial charge in [0.2, 0.25) is 0 Å². The van der Waals surface area contributed by atoms with Crippen LogP contribution in [0, 0.1) is 11.3 Å². The van der Waals surface area contributed by atoms with Crippen molar-refractivity contribution in [2.24, 2.45) is 11.3 Å². The third kappa shape index (κ3) is 2.43. The van der Waals surface area contributed by atoms with Crippen LogP contribution in [-0.4, -0.2) is 4.98 Å². The number of aryl methyl sites for hydroxylation is 1. The van der Waals surface area contributed by atoms with Crippen LogP contribution in [0.1, 0.15) is 44.9 Å². The molecule has 0 aliphatic heterocycles. The highest BCUT2D eigenvalue weighted by Gasteiger charge is 2.33. The third-order valence-corrected chi connectivity index (χ3v) is 6.17. The Morgan fingerprint density at radius 2 is 2.04 bits per heavy atom. The van der Waals surface area contributed by atoms with E-state index < -0.39 is 5.63 Å². The molecule has 130 valence electrons. The summed E-state index contributed by atoms with van der Waals surface area (Å²) in [5, 5.41) is 2.34. The Kier molecular flexibility index (Phi) is 3.60. The standard InChI is InChI=1S/C21H24N2O2/c1-4-21(2,3)12-9-10-15-14(11-12)17-13-7-5-6-8-16(13)25-20(24)18(17)19(22)23-15/h5-8,12H,4,9-11H2,1-3H3,(H2,22,23). The predicted octanol–water partition coefficient (Wildman–Crippen LogP) is 4.46. The number of nitrogen functional groups attached to an aromatic ring is 1. The van der Waals surface area contributed by atoms with Gasteiger partial charge < -0.3 is 10.2 Å². The molecule has 0 amide bonds. The van der Waals surface area contributed by atoms with E-state index in [0.717, 1.165) is 42.1 Å². The van der Waals surface area contributed by atoms with E-state index in [0.29, 0.717) is 22.7 Å². The molecule has 1 aliphatic rings. The zero-order valence-electron chi connectivity index (χ0n) is 15.1. The molecule has 1 unspecified atom stereocenters. The second kappa shape index (κ2) is 5.58. The molecule has 4 rings (SSSR count). The minimum Gasteiger partial charge on any atom is -0.422 e. The van der Waals surface area contributed by atoms with Crippen molar-refractivity contribution in [3.63, 3.8) is 0 Å². The molecule has 0 radical (unpaired) electrons. The van der Waals surface area contributed by atoms with Gasteiger partial charge in [0.15, 0.2) is 0 Å². The Hall–Kier alpha value is -2.36.